The lowest BCUT2D eigenvalue weighted by Gasteiger charge is -2.12. The number of ether oxygens (including phenoxy) is 1. The monoisotopic (exact) mass is 506 g/mol. The van der Waals surface area contributed by atoms with E-state index in [1.54, 1.807) is 54.6 Å². The summed E-state index contributed by atoms with van der Waals surface area (Å²) in [5.74, 6) is -0.939. The van der Waals surface area contributed by atoms with Crippen molar-refractivity contribution in [2.45, 2.75) is 0 Å². The number of hydrogen-bond acceptors (Lipinski definition) is 6. The highest BCUT2D eigenvalue weighted by atomic mass is 35.5. The number of nitrogens with one attached hydrogen (secondary N) is 3. The zero-order valence-corrected chi connectivity index (χ0v) is 19.5. The van der Waals surface area contributed by atoms with E-state index >= 15 is 0 Å². The highest BCUT2D eigenvalue weighted by molar-refractivity contribution is 6.30. The summed E-state index contributed by atoms with van der Waals surface area (Å²) in [5, 5.41) is 14.2. The molecule has 0 aliphatic heterocycles. The van der Waals surface area contributed by atoms with Crippen molar-refractivity contribution in [3.8, 4) is 28.1 Å². The lowest BCUT2D eigenvalue weighted by molar-refractivity contribution is 0.0841. The summed E-state index contributed by atoms with van der Waals surface area (Å²) in [5.41, 5.74) is 8.40. The minimum atomic E-state index is -1.45. The van der Waals surface area contributed by atoms with Crippen molar-refractivity contribution in [2.75, 3.05) is 12.5 Å². The van der Waals surface area contributed by atoms with Crippen LogP contribution in [0, 0.1) is 0 Å². The van der Waals surface area contributed by atoms with Gasteiger partial charge in [0, 0.05) is 28.5 Å². The van der Waals surface area contributed by atoms with Crippen molar-refractivity contribution >= 4 is 29.5 Å². The Labute approximate surface area is 209 Å². The lowest BCUT2D eigenvalue weighted by atomic mass is 9.98. The van der Waals surface area contributed by atoms with Gasteiger partial charge in [-0.3, -0.25) is 25.4 Å². The second-order valence-corrected chi connectivity index (χ2v) is 7.73. The Morgan fingerprint density at radius 3 is 2.39 bits per heavy atom. The van der Waals surface area contributed by atoms with E-state index in [1.165, 1.54) is 25.6 Å². The Bertz CT molecular complexity index is 1420. The molecule has 2 heterocycles. The van der Waals surface area contributed by atoms with Gasteiger partial charge in [0.15, 0.2) is 5.69 Å². The molecule has 36 heavy (non-hydrogen) atoms. The van der Waals surface area contributed by atoms with E-state index in [4.69, 9.17) is 16.3 Å². The van der Waals surface area contributed by atoms with Crippen molar-refractivity contribution in [2.24, 2.45) is 0 Å². The maximum absolute atomic E-state index is 13.3. The van der Waals surface area contributed by atoms with Crippen LogP contribution in [0.3, 0.4) is 0 Å². The standard InChI is InChI=1S/C24H19ClN6O5/c1-36-18-6-2-4-15(12-18)19-20(14-7-9-17(25)10-8-14)29-31(30-24(34)35)21(19)23(33)28-27-22(32)16-5-3-11-26-13-16/h2-13,30H,1H3,(H,27,32)(H,28,33)(H,34,35). The van der Waals surface area contributed by atoms with Gasteiger partial charge in [0.05, 0.1) is 12.7 Å². The van der Waals surface area contributed by atoms with Gasteiger partial charge in [-0.1, -0.05) is 35.9 Å². The quantitative estimate of drug-likeness (QED) is 0.292. The van der Waals surface area contributed by atoms with E-state index < -0.39 is 17.9 Å². The molecule has 0 bridgehead atoms. The van der Waals surface area contributed by atoms with E-state index in [0.29, 0.717) is 21.9 Å². The van der Waals surface area contributed by atoms with Crippen LogP contribution in [-0.4, -0.2) is 45.0 Å². The van der Waals surface area contributed by atoms with E-state index in [1.807, 2.05) is 0 Å². The fourth-order valence-corrected chi connectivity index (χ4v) is 3.53. The fraction of sp³-hybridized carbons (Fsp3) is 0.0417. The molecule has 12 heteroatoms. The molecule has 3 amide bonds. The van der Waals surface area contributed by atoms with E-state index in [9.17, 15) is 19.5 Å². The molecule has 0 aliphatic rings. The lowest BCUT2D eigenvalue weighted by Crippen LogP contribution is -2.43. The van der Waals surface area contributed by atoms with Gasteiger partial charge in [-0.15, -0.1) is 0 Å². The van der Waals surface area contributed by atoms with Gasteiger partial charge in [0.2, 0.25) is 0 Å². The predicted octanol–water partition coefficient (Wildman–Crippen LogP) is 3.57. The molecule has 4 aromatic rings. The number of methoxy groups -OCH3 is 1. The highest BCUT2D eigenvalue weighted by Gasteiger charge is 2.27. The SMILES string of the molecule is COc1cccc(-c2c(-c3ccc(Cl)cc3)nn(NC(=O)O)c2C(=O)NNC(=O)c2cccnc2)c1. The second kappa shape index (κ2) is 10.6. The van der Waals surface area contributed by atoms with Gasteiger partial charge in [-0.05, 0) is 42.0 Å². The minimum Gasteiger partial charge on any atom is -0.497 e. The summed E-state index contributed by atoms with van der Waals surface area (Å²) in [6.45, 7) is 0. The first-order valence-corrected chi connectivity index (χ1v) is 10.8. The summed E-state index contributed by atoms with van der Waals surface area (Å²) in [4.78, 5) is 42.0. The largest absolute Gasteiger partial charge is 0.497 e. The van der Waals surface area contributed by atoms with E-state index in [-0.39, 0.29) is 22.5 Å². The highest BCUT2D eigenvalue weighted by Crippen LogP contribution is 2.36. The van der Waals surface area contributed by atoms with Gasteiger partial charge in [0.25, 0.3) is 11.8 Å². The third-order valence-electron chi connectivity index (χ3n) is 4.99. The van der Waals surface area contributed by atoms with Gasteiger partial charge in [-0.25, -0.2) is 10.2 Å². The number of hydrazine groups is 1. The number of rotatable bonds is 6. The van der Waals surface area contributed by atoms with Gasteiger partial charge >= 0.3 is 6.09 Å². The van der Waals surface area contributed by atoms with E-state index in [0.717, 1.165) is 4.79 Å². The van der Waals surface area contributed by atoms with Crippen LogP contribution >= 0.6 is 11.6 Å². The topological polar surface area (TPSA) is 147 Å². The number of nitrogens with zero attached hydrogens (tertiary/aromatic N) is 3. The Kier molecular flexibility index (Phi) is 7.12. The normalized spacial score (nSPS) is 10.4. The zero-order chi connectivity index (χ0) is 25.7. The van der Waals surface area contributed by atoms with Crippen molar-refractivity contribution in [3.05, 3.63) is 89.3 Å². The molecule has 0 aliphatic carbocycles. The Hall–Kier alpha value is -4.90. The number of carboxylic acid groups (broad SMARTS) is 1. The van der Waals surface area contributed by atoms with Crippen molar-refractivity contribution in [1.29, 1.82) is 0 Å². The fourth-order valence-electron chi connectivity index (χ4n) is 3.40. The van der Waals surface area contributed by atoms with E-state index in [2.05, 4.69) is 26.4 Å². The van der Waals surface area contributed by atoms with Crippen molar-refractivity contribution < 1.29 is 24.2 Å². The zero-order valence-electron chi connectivity index (χ0n) is 18.7. The first-order chi connectivity index (χ1) is 17.4. The minimum absolute atomic E-state index is 0.179. The van der Waals surface area contributed by atoms with Crippen LogP contribution in [0.15, 0.2) is 73.1 Å². The average molecular weight is 507 g/mol. The Balaban J connectivity index is 1.83. The molecule has 0 unspecified atom stereocenters. The summed E-state index contributed by atoms with van der Waals surface area (Å²) < 4.78 is 5.32. The molecular weight excluding hydrogens is 488 g/mol. The Morgan fingerprint density at radius 1 is 0.972 bits per heavy atom. The summed E-state index contributed by atoms with van der Waals surface area (Å²) in [6, 6.07) is 16.6. The number of hydrogen-bond donors (Lipinski definition) is 4. The van der Waals surface area contributed by atoms with Gasteiger partial charge in [0.1, 0.15) is 11.4 Å². The molecule has 4 rings (SSSR count). The molecule has 0 spiro atoms. The third-order valence-corrected chi connectivity index (χ3v) is 5.24. The molecular formula is C24H19ClN6O5. The molecule has 4 N–H and O–H groups in total. The average Bonchev–Trinajstić information content (AvgIpc) is 3.26. The van der Waals surface area contributed by atoms with Crippen LogP contribution in [-0.2, 0) is 0 Å². The van der Waals surface area contributed by atoms with Gasteiger partial charge < -0.3 is 9.84 Å². The van der Waals surface area contributed by atoms with Crippen LogP contribution in [0.1, 0.15) is 20.8 Å². The van der Waals surface area contributed by atoms with Gasteiger partial charge in [-0.2, -0.15) is 9.89 Å². The van der Waals surface area contributed by atoms with Crippen LogP contribution in [0.25, 0.3) is 22.4 Å². The molecule has 0 radical (unpaired) electrons. The smallest absolute Gasteiger partial charge is 0.425 e. The molecule has 2 aromatic carbocycles. The number of aromatic nitrogens is 3. The summed E-state index contributed by atoms with van der Waals surface area (Å²) >= 11 is 6.03. The van der Waals surface area contributed by atoms with Crippen LogP contribution < -0.4 is 21.0 Å². The van der Waals surface area contributed by atoms with Crippen LogP contribution in [0.5, 0.6) is 5.75 Å². The number of carbonyl (C=O) groups excluding carboxylic acids is 2. The molecule has 182 valence electrons. The summed E-state index contributed by atoms with van der Waals surface area (Å²) in [6.07, 6.45) is 1.38. The van der Waals surface area contributed by atoms with Crippen LogP contribution in [0.2, 0.25) is 5.02 Å². The number of benzene rings is 2. The second-order valence-electron chi connectivity index (χ2n) is 7.29. The molecule has 0 saturated heterocycles. The predicted molar refractivity (Wildman–Crippen MR) is 131 cm³/mol. The molecule has 0 saturated carbocycles. The summed E-state index contributed by atoms with van der Waals surface area (Å²) in [7, 11) is 1.50. The van der Waals surface area contributed by atoms with Crippen molar-refractivity contribution in [1.82, 2.24) is 25.7 Å². The molecule has 2 aromatic heterocycles. The number of halogens is 1. The first-order valence-electron chi connectivity index (χ1n) is 10.4. The molecule has 0 atom stereocenters. The molecule has 11 nitrogen and oxygen atoms in total. The Morgan fingerprint density at radius 2 is 1.72 bits per heavy atom. The third kappa shape index (κ3) is 5.26. The maximum Gasteiger partial charge on any atom is 0.425 e. The van der Waals surface area contributed by atoms with Crippen molar-refractivity contribution in [3.63, 3.8) is 0 Å². The first kappa shape index (κ1) is 24.2. The van der Waals surface area contributed by atoms with Crippen LogP contribution in [0.4, 0.5) is 4.79 Å². The number of carbonyl (C=O) groups is 3. The number of amides is 3. The maximum atomic E-state index is 13.3. The number of pyridine rings is 1. The molecule has 0 fully saturated rings.